The van der Waals surface area contributed by atoms with Gasteiger partial charge in [0, 0.05) is 14.1 Å². The molecule has 0 unspecified atom stereocenters. The summed E-state index contributed by atoms with van der Waals surface area (Å²) in [5, 5.41) is -2.09. The Bertz CT molecular complexity index is 162. The first-order valence-corrected chi connectivity index (χ1v) is 4.78. The number of hydrogen-bond donors (Lipinski definition) is 0. The van der Waals surface area contributed by atoms with Crippen molar-refractivity contribution in [2.24, 2.45) is 0 Å². The standard InChI is InChI=1S/C3H7NO.C2Cl2O2.CH2Cl2/c1-4(2)3-5;3-1(5)2(4)6;2-1-3/h3H,1-2H3;;1H2. The Balaban J connectivity index is -0.000000138. The zero-order valence-corrected chi connectivity index (χ0v) is 10.5. The SMILES string of the molecule is CN(C)C=O.ClCCl.O=C(Cl)C(=O)Cl. The maximum absolute atomic E-state index is 9.43. The lowest BCUT2D eigenvalue weighted by atomic mass is 10.9. The number of carbonyl (C=O) groups excluding carboxylic acids is 3. The first-order chi connectivity index (χ1) is 6.33. The molecule has 0 aromatic rings. The molecule has 0 aliphatic heterocycles. The molecule has 0 N–H and O–H groups in total. The number of carbonyl (C=O) groups is 3. The maximum Gasteiger partial charge on any atom is 0.304 e. The Morgan fingerprint density at radius 3 is 1.29 bits per heavy atom. The van der Waals surface area contributed by atoms with E-state index in [1.54, 1.807) is 14.1 Å². The van der Waals surface area contributed by atoms with Crippen molar-refractivity contribution in [1.82, 2.24) is 4.90 Å². The summed E-state index contributed by atoms with van der Waals surface area (Å²) < 4.78 is 0. The van der Waals surface area contributed by atoms with Gasteiger partial charge < -0.3 is 4.90 Å². The first-order valence-electron chi connectivity index (χ1n) is 2.96. The smallest absolute Gasteiger partial charge is 0.304 e. The number of nitrogens with zero attached hydrogens (tertiary/aromatic N) is 1. The van der Waals surface area contributed by atoms with Gasteiger partial charge in [-0.25, -0.2) is 0 Å². The van der Waals surface area contributed by atoms with Crippen molar-refractivity contribution < 1.29 is 14.4 Å². The van der Waals surface area contributed by atoms with Crippen LogP contribution in [0, 0.1) is 0 Å². The van der Waals surface area contributed by atoms with Gasteiger partial charge in [-0.15, -0.1) is 23.2 Å². The van der Waals surface area contributed by atoms with Gasteiger partial charge in [0.25, 0.3) is 0 Å². The molecule has 0 aliphatic rings. The minimum atomic E-state index is -1.14. The molecule has 14 heavy (non-hydrogen) atoms. The van der Waals surface area contributed by atoms with Gasteiger partial charge in [-0.2, -0.15) is 0 Å². The van der Waals surface area contributed by atoms with Crippen LogP contribution in [0.4, 0.5) is 0 Å². The summed E-state index contributed by atoms with van der Waals surface area (Å²) in [5.74, 6) is 0. The van der Waals surface area contributed by atoms with E-state index in [0.29, 0.717) is 0 Å². The topological polar surface area (TPSA) is 54.5 Å². The van der Waals surface area contributed by atoms with Gasteiger partial charge in [0.05, 0.1) is 5.34 Å². The van der Waals surface area contributed by atoms with Crippen molar-refractivity contribution in [2.45, 2.75) is 0 Å². The van der Waals surface area contributed by atoms with E-state index in [1.807, 2.05) is 0 Å². The summed E-state index contributed by atoms with van der Waals surface area (Å²) in [4.78, 5) is 29.7. The van der Waals surface area contributed by atoms with Crippen LogP contribution in [0.25, 0.3) is 0 Å². The second kappa shape index (κ2) is 15.4. The number of hydrogen-bond acceptors (Lipinski definition) is 3. The summed E-state index contributed by atoms with van der Waals surface area (Å²) in [5.41, 5.74) is 0. The van der Waals surface area contributed by atoms with Gasteiger partial charge in [0.2, 0.25) is 6.41 Å². The lowest BCUT2D eigenvalue weighted by Crippen LogP contribution is -2.06. The molecule has 0 rings (SSSR count). The average Bonchev–Trinajstić information content (AvgIpc) is 2.06. The van der Waals surface area contributed by atoms with Gasteiger partial charge in [-0.1, -0.05) is 0 Å². The zero-order chi connectivity index (χ0) is 12.1. The fourth-order valence-electron chi connectivity index (χ4n) is 0. The molecule has 0 atom stereocenters. The molecule has 0 spiro atoms. The summed E-state index contributed by atoms with van der Waals surface area (Å²) in [6.45, 7) is 0. The van der Waals surface area contributed by atoms with Crippen molar-refractivity contribution in [3.8, 4) is 0 Å². The molecule has 0 bridgehead atoms. The van der Waals surface area contributed by atoms with Gasteiger partial charge in [0.15, 0.2) is 0 Å². The second-order valence-electron chi connectivity index (χ2n) is 1.72. The number of amides is 1. The molecule has 0 fully saturated rings. The minimum absolute atomic E-state index is 0.194. The Kier molecular flexibility index (Phi) is 21.5. The summed E-state index contributed by atoms with van der Waals surface area (Å²) in [7, 11) is 3.38. The number of alkyl halides is 2. The number of rotatable bonds is 2. The molecule has 0 radical (unpaired) electrons. The predicted octanol–water partition coefficient (Wildman–Crippen LogP) is 1.64. The van der Waals surface area contributed by atoms with Crippen LogP contribution < -0.4 is 0 Å². The molecular formula is C6H9Cl4NO3. The fraction of sp³-hybridized carbons (Fsp3) is 0.500. The first kappa shape index (κ1) is 19.5. The average molecular weight is 285 g/mol. The van der Waals surface area contributed by atoms with Crippen molar-refractivity contribution in [3.05, 3.63) is 0 Å². The van der Waals surface area contributed by atoms with Crippen LogP contribution in [0.3, 0.4) is 0 Å². The molecule has 8 heteroatoms. The van der Waals surface area contributed by atoms with Crippen molar-refractivity contribution in [3.63, 3.8) is 0 Å². The highest BCUT2D eigenvalue weighted by molar-refractivity contribution is 6.97. The zero-order valence-electron chi connectivity index (χ0n) is 7.47. The van der Waals surface area contributed by atoms with Crippen molar-refractivity contribution in [2.75, 3.05) is 19.4 Å². The molecule has 0 aliphatic carbocycles. The van der Waals surface area contributed by atoms with E-state index in [0.717, 1.165) is 6.41 Å². The minimum Gasteiger partial charge on any atom is -0.351 e. The third-order valence-corrected chi connectivity index (χ3v) is 0.805. The fourth-order valence-corrected chi connectivity index (χ4v) is 0. The Morgan fingerprint density at radius 1 is 1.14 bits per heavy atom. The van der Waals surface area contributed by atoms with E-state index in [-0.39, 0.29) is 5.34 Å². The second-order valence-corrected chi connectivity index (χ2v) is 3.21. The Labute approximate surface area is 102 Å². The third kappa shape index (κ3) is 40.4. The van der Waals surface area contributed by atoms with E-state index >= 15 is 0 Å². The maximum atomic E-state index is 9.43. The molecule has 0 heterocycles. The largest absolute Gasteiger partial charge is 0.351 e. The quantitative estimate of drug-likeness (QED) is 0.335. The van der Waals surface area contributed by atoms with E-state index in [9.17, 15) is 14.4 Å². The van der Waals surface area contributed by atoms with Crippen LogP contribution in [-0.4, -0.2) is 41.2 Å². The number of halogens is 4. The predicted molar refractivity (Wildman–Crippen MR) is 58.0 cm³/mol. The molecular weight excluding hydrogens is 276 g/mol. The molecule has 84 valence electrons. The van der Waals surface area contributed by atoms with Crippen molar-refractivity contribution in [1.29, 1.82) is 0 Å². The highest BCUT2D eigenvalue weighted by Gasteiger charge is 2.01. The monoisotopic (exact) mass is 283 g/mol. The van der Waals surface area contributed by atoms with Crippen LogP contribution in [0.2, 0.25) is 0 Å². The summed E-state index contributed by atoms with van der Waals surface area (Å²) in [6, 6.07) is 0. The Hall–Kier alpha value is -0.0300. The highest BCUT2D eigenvalue weighted by atomic mass is 35.5. The van der Waals surface area contributed by atoms with Gasteiger partial charge in [-0.05, 0) is 23.2 Å². The van der Waals surface area contributed by atoms with E-state index in [4.69, 9.17) is 23.2 Å². The third-order valence-electron chi connectivity index (χ3n) is 0.365. The lowest BCUT2D eigenvalue weighted by molar-refractivity contribution is -0.127. The van der Waals surface area contributed by atoms with Gasteiger partial charge in [0.1, 0.15) is 0 Å². The van der Waals surface area contributed by atoms with Crippen LogP contribution in [0.5, 0.6) is 0 Å². The summed E-state index contributed by atoms with van der Waals surface area (Å²) in [6.07, 6.45) is 0.750. The van der Waals surface area contributed by atoms with E-state index in [2.05, 4.69) is 23.2 Å². The normalized spacial score (nSPS) is 7.00. The summed E-state index contributed by atoms with van der Waals surface area (Å²) >= 11 is 18.5. The molecule has 4 nitrogen and oxygen atoms in total. The lowest BCUT2D eigenvalue weighted by Gasteiger charge is -1.93. The highest BCUT2D eigenvalue weighted by Crippen LogP contribution is 1.84. The van der Waals surface area contributed by atoms with Crippen LogP contribution in [0.1, 0.15) is 0 Å². The molecule has 0 saturated carbocycles. The van der Waals surface area contributed by atoms with Gasteiger partial charge in [-0.3, -0.25) is 14.4 Å². The van der Waals surface area contributed by atoms with E-state index in [1.165, 1.54) is 4.90 Å². The molecule has 0 aromatic heterocycles. The Morgan fingerprint density at radius 2 is 1.29 bits per heavy atom. The van der Waals surface area contributed by atoms with Crippen molar-refractivity contribution >= 4 is 63.3 Å². The van der Waals surface area contributed by atoms with Crippen LogP contribution >= 0.6 is 46.4 Å². The van der Waals surface area contributed by atoms with Crippen LogP contribution in [0.15, 0.2) is 0 Å². The van der Waals surface area contributed by atoms with E-state index < -0.39 is 10.5 Å². The molecule has 0 aromatic carbocycles. The molecule has 1 amide bonds. The van der Waals surface area contributed by atoms with Gasteiger partial charge >= 0.3 is 10.5 Å². The molecule has 0 saturated heterocycles. The van der Waals surface area contributed by atoms with Crippen LogP contribution in [-0.2, 0) is 14.4 Å².